The van der Waals surface area contributed by atoms with Gasteiger partial charge in [-0.2, -0.15) is 0 Å². The summed E-state index contributed by atoms with van der Waals surface area (Å²) in [7, 11) is 0. The van der Waals surface area contributed by atoms with Gasteiger partial charge in [-0.05, 0) is 47.9 Å². The standard InChI is InChI=1S/C23H22O3/c1-3-25-21-13-9-19(10-14-21)23(18-7-5-4-6-8-18)20-11-15-22(16-12-20)26-17(2)24/h4-16,23H,3H2,1-2H3. The molecule has 1 atom stereocenters. The van der Waals surface area contributed by atoms with Crippen LogP contribution in [0.25, 0.3) is 0 Å². The number of benzene rings is 3. The summed E-state index contributed by atoms with van der Waals surface area (Å²) >= 11 is 0. The van der Waals surface area contributed by atoms with Gasteiger partial charge in [0.2, 0.25) is 0 Å². The lowest BCUT2D eigenvalue weighted by molar-refractivity contribution is -0.131. The molecule has 0 fully saturated rings. The zero-order valence-corrected chi connectivity index (χ0v) is 15.0. The highest BCUT2D eigenvalue weighted by molar-refractivity contribution is 5.69. The molecule has 0 aliphatic carbocycles. The Hall–Kier alpha value is -3.07. The molecule has 0 bridgehead atoms. The molecule has 3 aromatic carbocycles. The monoisotopic (exact) mass is 346 g/mol. The molecule has 0 saturated carbocycles. The van der Waals surface area contributed by atoms with Gasteiger partial charge in [0.05, 0.1) is 6.61 Å². The molecule has 3 nitrogen and oxygen atoms in total. The van der Waals surface area contributed by atoms with Crippen molar-refractivity contribution in [2.75, 3.05) is 6.61 Å². The van der Waals surface area contributed by atoms with Crippen LogP contribution in [0.15, 0.2) is 78.9 Å². The van der Waals surface area contributed by atoms with E-state index in [1.54, 1.807) is 0 Å². The molecule has 0 amide bonds. The van der Waals surface area contributed by atoms with E-state index in [4.69, 9.17) is 9.47 Å². The smallest absolute Gasteiger partial charge is 0.308 e. The van der Waals surface area contributed by atoms with Crippen LogP contribution in [-0.4, -0.2) is 12.6 Å². The Labute approximate surface area is 154 Å². The Bertz CT molecular complexity index is 837. The van der Waals surface area contributed by atoms with Crippen LogP contribution >= 0.6 is 0 Å². The van der Waals surface area contributed by atoms with Crippen molar-refractivity contribution >= 4 is 5.97 Å². The second kappa shape index (κ2) is 8.34. The van der Waals surface area contributed by atoms with Crippen molar-refractivity contribution in [2.45, 2.75) is 19.8 Å². The number of hydrogen-bond acceptors (Lipinski definition) is 3. The van der Waals surface area contributed by atoms with E-state index in [0.29, 0.717) is 12.4 Å². The first kappa shape index (κ1) is 17.7. The van der Waals surface area contributed by atoms with Gasteiger partial charge in [0.15, 0.2) is 0 Å². The van der Waals surface area contributed by atoms with E-state index >= 15 is 0 Å². The fourth-order valence-electron chi connectivity index (χ4n) is 3.04. The van der Waals surface area contributed by atoms with Gasteiger partial charge in [-0.15, -0.1) is 0 Å². The molecule has 0 spiro atoms. The highest BCUT2D eigenvalue weighted by atomic mass is 16.5. The van der Waals surface area contributed by atoms with Crippen LogP contribution in [0.1, 0.15) is 36.5 Å². The Kier molecular flexibility index (Phi) is 5.69. The molecular formula is C23H22O3. The summed E-state index contributed by atoms with van der Waals surface area (Å²) in [6.07, 6.45) is 0. The molecule has 0 radical (unpaired) electrons. The number of carbonyl (C=O) groups excluding carboxylic acids is 1. The fourth-order valence-corrected chi connectivity index (χ4v) is 3.04. The summed E-state index contributed by atoms with van der Waals surface area (Å²) in [5.74, 6) is 1.20. The number of carbonyl (C=O) groups is 1. The Morgan fingerprint density at radius 1 is 0.769 bits per heavy atom. The molecule has 0 N–H and O–H groups in total. The SMILES string of the molecule is CCOc1ccc(C(c2ccccc2)c2ccc(OC(C)=O)cc2)cc1. The number of esters is 1. The van der Waals surface area contributed by atoms with Gasteiger partial charge in [-0.3, -0.25) is 4.79 Å². The molecule has 3 rings (SSSR count). The molecule has 3 aromatic rings. The first-order chi connectivity index (χ1) is 12.7. The van der Waals surface area contributed by atoms with E-state index in [9.17, 15) is 4.79 Å². The third-order valence-corrected chi connectivity index (χ3v) is 4.13. The maximum atomic E-state index is 11.1. The second-order valence-electron chi connectivity index (χ2n) is 6.01. The molecule has 0 heterocycles. The van der Waals surface area contributed by atoms with Crippen LogP contribution in [0.5, 0.6) is 11.5 Å². The molecule has 0 aromatic heterocycles. The summed E-state index contributed by atoms with van der Waals surface area (Å²) in [6, 6.07) is 26.2. The van der Waals surface area contributed by atoms with E-state index in [1.165, 1.54) is 18.1 Å². The largest absolute Gasteiger partial charge is 0.494 e. The minimum absolute atomic E-state index is 0.0956. The fraction of sp³-hybridized carbons (Fsp3) is 0.174. The summed E-state index contributed by atoms with van der Waals surface area (Å²) in [6.45, 7) is 4.03. The number of rotatable bonds is 6. The van der Waals surface area contributed by atoms with Gasteiger partial charge in [0.1, 0.15) is 11.5 Å². The van der Waals surface area contributed by atoms with Crippen molar-refractivity contribution in [1.29, 1.82) is 0 Å². The minimum atomic E-state index is -0.316. The highest BCUT2D eigenvalue weighted by Gasteiger charge is 2.17. The summed E-state index contributed by atoms with van der Waals surface area (Å²) in [5.41, 5.74) is 3.52. The second-order valence-corrected chi connectivity index (χ2v) is 6.01. The lowest BCUT2D eigenvalue weighted by atomic mass is 9.85. The maximum Gasteiger partial charge on any atom is 0.308 e. The molecule has 0 aliphatic heterocycles. The highest BCUT2D eigenvalue weighted by Crippen LogP contribution is 2.33. The van der Waals surface area contributed by atoms with Gasteiger partial charge in [0, 0.05) is 12.8 Å². The van der Waals surface area contributed by atoms with E-state index in [0.717, 1.165) is 11.3 Å². The van der Waals surface area contributed by atoms with Gasteiger partial charge in [-0.25, -0.2) is 0 Å². The number of ether oxygens (including phenoxy) is 2. The average molecular weight is 346 g/mol. The normalized spacial score (nSPS) is 11.6. The lowest BCUT2D eigenvalue weighted by Gasteiger charge is -2.19. The maximum absolute atomic E-state index is 11.1. The van der Waals surface area contributed by atoms with E-state index in [-0.39, 0.29) is 11.9 Å². The molecule has 0 saturated heterocycles. The topological polar surface area (TPSA) is 35.5 Å². The van der Waals surface area contributed by atoms with Crippen molar-refractivity contribution < 1.29 is 14.3 Å². The van der Waals surface area contributed by atoms with Crippen LogP contribution in [0.2, 0.25) is 0 Å². The van der Waals surface area contributed by atoms with Crippen LogP contribution in [-0.2, 0) is 4.79 Å². The van der Waals surface area contributed by atoms with Crippen LogP contribution < -0.4 is 9.47 Å². The van der Waals surface area contributed by atoms with Crippen molar-refractivity contribution in [3.63, 3.8) is 0 Å². The van der Waals surface area contributed by atoms with E-state index in [2.05, 4.69) is 24.3 Å². The van der Waals surface area contributed by atoms with Crippen molar-refractivity contribution in [3.05, 3.63) is 95.6 Å². The summed E-state index contributed by atoms with van der Waals surface area (Å²) < 4.78 is 10.7. The van der Waals surface area contributed by atoms with Gasteiger partial charge in [-0.1, -0.05) is 54.6 Å². The van der Waals surface area contributed by atoms with Gasteiger partial charge in [0.25, 0.3) is 0 Å². The average Bonchev–Trinajstić information content (AvgIpc) is 2.65. The first-order valence-electron chi connectivity index (χ1n) is 8.73. The first-order valence-corrected chi connectivity index (χ1v) is 8.73. The Morgan fingerprint density at radius 2 is 1.27 bits per heavy atom. The van der Waals surface area contributed by atoms with E-state index < -0.39 is 0 Å². The zero-order chi connectivity index (χ0) is 18.4. The van der Waals surface area contributed by atoms with Gasteiger partial charge >= 0.3 is 5.97 Å². The molecule has 1 unspecified atom stereocenters. The van der Waals surface area contributed by atoms with E-state index in [1.807, 2.05) is 61.5 Å². The Morgan fingerprint density at radius 3 is 1.77 bits per heavy atom. The molecule has 0 aliphatic rings. The summed E-state index contributed by atoms with van der Waals surface area (Å²) in [5, 5.41) is 0. The predicted molar refractivity (Wildman–Crippen MR) is 103 cm³/mol. The third-order valence-electron chi connectivity index (χ3n) is 4.13. The quantitative estimate of drug-likeness (QED) is 0.350. The lowest BCUT2D eigenvalue weighted by Crippen LogP contribution is -2.05. The van der Waals surface area contributed by atoms with Crippen molar-refractivity contribution in [1.82, 2.24) is 0 Å². The Balaban J connectivity index is 1.97. The van der Waals surface area contributed by atoms with Crippen LogP contribution in [0.3, 0.4) is 0 Å². The van der Waals surface area contributed by atoms with Crippen molar-refractivity contribution in [3.8, 4) is 11.5 Å². The molecule has 132 valence electrons. The minimum Gasteiger partial charge on any atom is -0.494 e. The summed E-state index contributed by atoms with van der Waals surface area (Å²) in [4.78, 5) is 11.1. The molecule has 26 heavy (non-hydrogen) atoms. The third kappa shape index (κ3) is 4.31. The number of hydrogen-bond donors (Lipinski definition) is 0. The molecule has 3 heteroatoms. The molecular weight excluding hydrogens is 324 g/mol. The van der Waals surface area contributed by atoms with Crippen LogP contribution in [0.4, 0.5) is 0 Å². The predicted octanol–water partition coefficient (Wildman–Crippen LogP) is 5.19. The van der Waals surface area contributed by atoms with Crippen molar-refractivity contribution in [2.24, 2.45) is 0 Å². The van der Waals surface area contributed by atoms with Crippen LogP contribution in [0, 0.1) is 0 Å². The zero-order valence-electron chi connectivity index (χ0n) is 15.0. The van der Waals surface area contributed by atoms with Gasteiger partial charge < -0.3 is 9.47 Å².